The van der Waals surface area contributed by atoms with Gasteiger partial charge in [0.2, 0.25) is 0 Å². The fraction of sp³-hybridized carbons (Fsp3) is 0.350. The van der Waals surface area contributed by atoms with Gasteiger partial charge in [-0.3, -0.25) is 9.69 Å². The van der Waals surface area contributed by atoms with E-state index in [-0.39, 0.29) is 11.8 Å². The van der Waals surface area contributed by atoms with Crippen LogP contribution in [0.4, 0.5) is 4.39 Å². The van der Waals surface area contributed by atoms with Crippen LogP contribution in [0.1, 0.15) is 36.4 Å². The van der Waals surface area contributed by atoms with Gasteiger partial charge in [0.15, 0.2) is 11.6 Å². The lowest BCUT2D eigenvalue weighted by Crippen LogP contribution is -2.46. The summed E-state index contributed by atoms with van der Waals surface area (Å²) in [5, 5.41) is 10.3. The van der Waals surface area contributed by atoms with Crippen molar-refractivity contribution in [1.29, 1.82) is 0 Å². The van der Waals surface area contributed by atoms with Crippen molar-refractivity contribution in [1.82, 2.24) is 4.90 Å². The molecule has 3 rings (SSSR count). The van der Waals surface area contributed by atoms with Crippen molar-refractivity contribution in [3.05, 3.63) is 64.4 Å². The molecule has 2 aromatic carbocycles. The molecule has 1 saturated heterocycles. The third-order valence-electron chi connectivity index (χ3n) is 4.84. The van der Waals surface area contributed by atoms with E-state index in [2.05, 4.69) is 0 Å². The van der Waals surface area contributed by atoms with E-state index in [1.807, 2.05) is 17.0 Å². The molecule has 1 aliphatic heterocycles. The van der Waals surface area contributed by atoms with E-state index in [9.17, 15) is 14.3 Å². The van der Waals surface area contributed by atoms with Crippen LogP contribution in [0.25, 0.3) is 0 Å². The van der Waals surface area contributed by atoms with Gasteiger partial charge >= 0.3 is 5.97 Å². The van der Waals surface area contributed by atoms with Gasteiger partial charge < -0.3 is 9.84 Å². The number of nitrogens with zero attached hydrogens (tertiary/aromatic N) is 1. The number of rotatable bonds is 5. The Morgan fingerprint density at radius 2 is 1.92 bits per heavy atom. The lowest BCUT2D eigenvalue weighted by atomic mass is 9.91. The van der Waals surface area contributed by atoms with Crippen LogP contribution in [-0.2, 0) is 4.79 Å². The Morgan fingerprint density at radius 3 is 2.54 bits per heavy atom. The molecular weight excluding hydrogens is 357 g/mol. The quantitative estimate of drug-likeness (QED) is 0.832. The molecule has 0 aromatic heterocycles. The molecule has 1 heterocycles. The van der Waals surface area contributed by atoms with Crippen LogP contribution in [0.5, 0.6) is 5.75 Å². The molecule has 0 bridgehead atoms. The van der Waals surface area contributed by atoms with Gasteiger partial charge in [0.1, 0.15) is 6.04 Å². The predicted molar refractivity (Wildman–Crippen MR) is 98.2 cm³/mol. The number of ether oxygens (including phenoxy) is 1. The van der Waals surface area contributed by atoms with Crippen LogP contribution in [0.2, 0.25) is 5.02 Å². The van der Waals surface area contributed by atoms with Gasteiger partial charge in [0, 0.05) is 5.02 Å². The SMILES string of the molecule is COc1ccc(C(c2ccc(Cl)cc2)N2CCCCC2C(=O)O)cc1F. The average molecular weight is 378 g/mol. The summed E-state index contributed by atoms with van der Waals surface area (Å²) in [4.78, 5) is 13.7. The van der Waals surface area contributed by atoms with Gasteiger partial charge in [-0.1, -0.05) is 36.2 Å². The fourth-order valence-corrected chi connectivity index (χ4v) is 3.73. The number of carboxylic acid groups (broad SMARTS) is 1. The summed E-state index contributed by atoms with van der Waals surface area (Å²) in [5.41, 5.74) is 1.57. The van der Waals surface area contributed by atoms with E-state index in [1.54, 1.807) is 24.3 Å². The predicted octanol–water partition coefficient (Wildman–Crippen LogP) is 4.52. The Hall–Kier alpha value is -2.11. The number of halogens is 2. The number of piperidine rings is 1. The number of hydrogen-bond donors (Lipinski definition) is 1. The first-order chi connectivity index (χ1) is 12.5. The number of benzene rings is 2. The lowest BCUT2D eigenvalue weighted by molar-refractivity contribution is -0.145. The molecule has 6 heteroatoms. The Morgan fingerprint density at radius 1 is 1.23 bits per heavy atom. The first-order valence-corrected chi connectivity index (χ1v) is 8.96. The maximum Gasteiger partial charge on any atom is 0.320 e. The molecule has 2 atom stereocenters. The molecule has 0 amide bonds. The second-order valence-corrected chi connectivity index (χ2v) is 6.87. The van der Waals surface area contributed by atoms with Crippen molar-refractivity contribution in [3.8, 4) is 5.75 Å². The zero-order valence-electron chi connectivity index (χ0n) is 14.5. The minimum Gasteiger partial charge on any atom is -0.494 e. The zero-order valence-corrected chi connectivity index (χ0v) is 15.2. The molecule has 26 heavy (non-hydrogen) atoms. The molecular formula is C20H21ClFNO3. The maximum absolute atomic E-state index is 14.3. The molecule has 4 nitrogen and oxygen atoms in total. The van der Waals surface area contributed by atoms with Crippen molar-refractivity contribution in [2.45, 2.75) is 31.3 Å². The molecule has 0 spiro atoms. The molecule has 2 unspecified atom stereocenters. The van der Waals surface area contributed by atoms with E-state index >= 15 is 0 Å². The van der Waals surface area contributed by atoms with Gasteiger partial charge in [0.05, 0.1) is 13.2 Å². The van der Waals surface area contributed by atoms with Gasteiger partial charge in [-0.05, 0) is 54.8 Å². The van der Waals surface area contributed by atoms with Crippen LogP contribution in [-0.4, -0.2) is 35.7 Å². The monoisotopic (exact) mass is 377 g/mol. The highest BCUT2D eigenvalue weighted by atomic mass is 35.5. The standard InChI is InChI=1S/C20H21ClFNO3/c1-26-18-10-7-14(12-16(18)22)19(13-5-8-15(21)9-6-13)23-11-3-2-4-17(23)20(24)25/h5-10,12,17,19H,2-4,11H2,1H3,(H,24,25). The van der Waals surface area contributed by atoms with Crippen LogP contribution in [0.15, 0.2) is 42.5 Å². The highest BCUT2D eigenvalue weighted by molar-refractivity contribution is 6.30. The van der Waals surface area contributed by atoms with Crippen LogP contribution >= 0.6 is 11.6 Å². The minimum absolute atomic E-state index is 0.164. The van der Waals surface area contributed by atoms with E-state index in [1.165, 1.54) is 13.2 Å². The Balaban J connectivity index is 2.08. The molecule has 0 radical (unpaired) electrons. The number of likely N-dealkylation sites (tertiary alicyclic amines) is 1. The summed E-state index contributed by atoms with van der Waals surface area (Å²) < 4.78 is 19.3. The first kappa shape index (κ1) is 18.7. The average Bonchev–Trinajstić information content (AvgIpc) is 2.64. The Labute approximate surface area is 157 Å². The Kier molecular flexibility index (Phi) is 5.79. The number of hydrogen-bond acceptors (Lipinski definition) is 3. The van der Waals surface area contributed by atoms with Crippen LogP contribution in [0.3, 0.4) is 0 Å². The molecule has 1 N–H and O–H groups in total. The number of carbonyl (C=O) groups is 1. The van der Waals surface area contributed by atoms with Crippen LogP contribution in [0, 0.1) is 5.82 Å². The summed E-state index contributed by atoms with van der Waals surface area (Å²) in [6.07, 6.45) is 2.36. The molecule has 0 saturated carbocycles. The maximum atomic E-state index is 14.3. The van der Waals surface area contributed by atoms with Gasteiger partial charge in [-0.15, -0.1) is 0 Å². The van der Waals surface area contributed by atoms with Crippen molar-refractivity contribution in [2.75, 3.05) is 13.7 Å². The fourth-order valence-electron chi connectivity index (χ4n) is 3.60. The van der Waals surface area contributed by atoms with Crippen molar-refractivity contribution in [2.24, 2.45) is 0 Å². The lowest BCUT2D eigenvalue weighted by Gasteiger charge is -2.39. The first-order valence-electron chi connectivity index (χ1n) is 8.58. The number of carboxylic acids is 1. The van der Waals surface area contributed by atoms with E-state index in [4.69, 9.17) is 16.3 Å². The van der Waals surface area contributed by atoms with Gasteiger partial charge in [-0.25, -0.2) is 4.39 Å². The van der Waals surface area contributed by atoms with Crippen molar-refractivity contribution >= 4 is 17.6 Å². The smallest absolute Gasteiger partial charge is 0.320 e. The normalized spacial score (nSPS) is 19.1. The summed E-state index contributed by atoms with van der Waals surface area (Å²) in [7, 11) is 1.42. The molecule has 2 aromatic rings. The summed E-state index contributed by atoms with van der Waals surface area (Å²) in [5.74, 6) is -1.15. The number of methoxy groups -OCH3 is 1. The Bertz CT molecular complexity index is 781. The second kappa shape index (κ2) is 8.06. The highest BCUT2D eigenvalue weighted by Crippen LogP contribution is 2.36. The van der Waals surface area contributed by atoms with E-state index in [0.717, 1.165) is 18.4 Å². The molecule has 1 fully saturated rings. The highest BCUT2D eigenvalue weighted by Gasteiger charge is 2.35. The second-order valence-electron chi connectivity index (χ2n) is 6.44. The summed E-state index contributed by atoms with van der Waals surface area (Å²) in [6, 6.07) is 11.1. The van der Waals surface area contributed by atoms with E-state index in [0.29, 0.717) is 23.6 Å². The van der Waals surface area contributed by atoms with Crippen LogP contribution < -0.4 is 4.74 Å². The largest absolute Gasteiger partial charge is 0.494 e. The minimum atomic E-state index is -0.849. The van der Waals surface area contributed by atoms with Crippen molar-refractivity contribution < 1.29 is 19.0 Å². The van der Waals surface area contributed by atoms with Gasteiger partial charge in [0.25, 0.3) is 0 Å². The molecule has 1 aliphatic rings. The van der Waals surface area contributed by atoms with Gasteiger partial charge in [-0.2, -0.15) is 0 Å². The van der Waals surface area contributed by atoms with E-state index < -0.39 is 17.8 Å². The van der Waals surface area contributed by atoms with Crippen molar-refractivity contribution in [3.63, 3.8) is 0 Å². The summed E-state index contributed by atoms with van der Waals surface area (Å²) in [6.45, 7) is 0.637. The third-order valence-corrected chi connectivity index (χ3v) is 5.09. The third kappa shape index (κ3) is 3.84. The molecule has 138 valence electrons. The molecule has 0 aliphatic carbocycles. The zero-order chi connectivity index (χ0) is 18.7. The topological polar surface area (TPSA) is 49.8 Å². The summed E-state index contributed by atoms with van der Waals surface area (Å²) >= 11 is 6.01. The number of aliphatic carboxylic acids is 1.